The maximum Gasteiger partial charge on any atom is 0.257 e. The summed E-state index contributed by atoms with van der Waals surface area (Å²) in [5.74, 6) is 0.641. The number of aromatic hydroxyl groups is 1. The van der Waals surface area contributed by atoms with Gasteiger partial charge in [0.05, 0.1) is 5.56 Å². The summed E-state index contributed by atoms with van der Waals surface area (Å²) in [6.45, 7) is 5.06. The number of phenols is 1. The molecule has 3 nitrogen and oxygen atoms in total. The lowest BCUT2D eigenvalue weighted by Gasteiger charge is -2.36. The Bertz CT molecular complexity index is 461. The molecule has 2 atom stereocenters. The van der Waals surface area contributed by atoms with Gasteiger partial charge in [0.25, 0.3) is 5.91 Å². The van der Waals surface area contributed by atoms with E-state index in [1.165, 1.54) is 0 Å². The first-order chi connectivity index (χ1) is 8.49. The van der Waals surface area contributed by atoms with E-state index in [0.717, 1.165) is 23.9 Å². The van der Waals surface area contributed by atoms with Crippen LogP contribution >= 0.6 is 15.9 Å². The summed E-state index contributed by atoms with van der Waals surface area (Å²) in [7, 11) is 0. The number of piperidine rings is 1. The number of carbonyl (C=O) groups is 1. The van der Waals surface area contributed by atoms with Crippen LogP contribution in [0.4, 0.5) is 0 Å². The van der Waals surface area contributed by atoms with E-state index < -0.39 is 0 Å². The molecule has 1 amide bonds. The fourth-order valence-electron chi connectivity index (χ4n) is 2.54. The second-order valence-corrected chi connectivity index (χ2v) is 6.05. The van der Waals surface area contributed by atoms with E-state index in [1.807, 2.05) is 4.90 Å². The van der Waals surface area contributed by atoms with Crippen molar-refractivity contribution < 1.29 is 9.90 Å². The maximum atomic E-state index is 12.4. The number of hydrogen-bond acceptors (Lipinski definition) is 2. The third-order valence-electron chi connectivity index (χ3n) is 3.59. The molecule has 18 heavy (non-hydrogen) atoms. The summed E-state index contributed by atoms with van der Waals surface area (Å²) >= 11 is 3.33. The summed E-state index contributed by atoms with van der Waals surface area (Å²) in [6, 6.07) is 5.20. The zero-order chi connectivity index (χ0) is 13.3. The first-order valence-corrected chi connectivity index (χ1v) is 7.08. The molecule has 0 aromatic heterocycles. The van der Waals surface area contributed by atoms with Crippen molar-refractivity contribution in [3.8, 4) is 5.75 Å². The standard InChI is InChI=1S/C14H18BrNO2/c1-9-5-6-16(10(2)7-9)14(18)12-8-11(15)3-4-13(12)17/h3-4,8-10,17H,5-7H2,1-2H3. The van der Waals surface area contributed by atoms with Gasteiger partial charge in [0.2, 0.25) is 0 Å². The summed E-state index contributed by atoms with van der Waals surface area (Å²) in [6.07, 6.45) is 2.06. The second kappa shape index (κ2) is 5.31. The molecule has 1 N–H and O–H groups in total. The molecule has 0 saturated carbocycles. The molecule has 0 aliphatic carbocycles. The van der Waals surface area contributed by atoms with Crippen LogP contribution < -0.4 is 0 Å². The molecule has 0 spiro atoms. The van der Waals surface area contributed by atoms with E-state index in [0.29, 0.717) is 11.5 Å². The van der Waals surface area contributed by atoms with Gasteiger partial charge in [0.1, 0.15) is 5.75 Å². The quantitative estimate of drug-likeness (QED) is 0.863. The van der Waals surface area contributed by atoms with Crippen LogP contribution in [0.25, 0.3) is 0 Å². The number of likely N-dealkylation sites (tertiary alicyclic amines) is 1. The van der Waals surface area contributed by atoms with Gasteiger partial charge in [-0.1, -0.05) is 22.9 Å². The van der Waals surface area contributed by atoms with Crippen molar-refractivity contribution in [2.45, 2.75) is 32.7 Å². The highest BCUT2D eigenvalue weighted by Crippen LogP contribution is 2.28. The minimum atomic E-state index is -0.0757. The minimum Gasteiger partial charge on any atom is -0.507 e. The van der Waals surface area contributed by atoms with E-state index >= 15 is 0 Å². The fourth-order valence-corrected chi connectivity index (χ4v) is 2.90. The molecular weight excluding hydrogens is 294 g/mol. The number of rotatable bonds is 1. The number of halogens is 1. The molecule has 1 aromatic carbocycles. The monoisotopic (exact) mass is 311 g/mol. The van der Waals surface area contributed by atoms with Crippen LogP contribution in [0.2, 0.25) is 0 Å². The molecule has 1 aliphatic rings. The number of amides is 1. The Morgan fingerprint density at radius 2 is 2.17 bits per heavy atom. The van der Waals surface area contributed by atoms with Gasteiger partial charge < -0.3 is 10.0 Å². The molecule has 1 fully saturated rings. The van der Waals surface area contributed by atoms with Crippen LogP contribution in [0, 0.1) is 5.92 Å². The Labute approximate surface area is 116 Å². The Kier molecular flexibility index (Phi) is 3.95. The van der Waals surface area contributed by atoms with Crippen LogP contribution in [-0.4, -0.2) is 28.5 Å². The normalized spacial score (nSPS) is 24.1. The van der Waals surface area contributed by atoms with E-state index in [9.17, 15) is 9.90 Å². The van der Waals surface area contributed by atoms with Crippen LogP contribution in [0.3, 0.4) is 0 Å². The highest BCUT2D eigenvalue weighted by atomic mass is 79.9. The Hall–Kier alpha value is -1.03. The van der Waals surface area contributed by atoms with Crippen molar-refractivity contribution in [3.05, 3.63) is 28.2 Å². The number of carbonyl (C=O) groups excluding carboxylic acids is 1. The lowest BCUT2D eigenvalue weighted by molar-refractivity contribution is 0.0585. The summed E-state index contributed by atoms with van der Waals surface area (Å²) in [5, 5.41) is 9.81. The van der Waals surface area contributed by atoms with Crippen LogP contribution in [0.15, 0.2) is 22.7 Å². The maximum absolute atomic E-state index is 12.4. The van der Waals surface area contributed by atoms with Gasteiger partial charge >= 0.3 is 0 Å². The summed E-state index contributed by atoms with van der Waals surface area (Å²) in [4.78, 5) is 14.3. The average molecular weight is 312 g/mol. The summed E-state index contributed by atoms with van der Waals surface area (Å²) < 4.78 is 0.807. The van der Waals surface area contributed by atoms with Crippen molar-refractivity contribution in [1.29, 1.82) is 0 Å². The largest absolute Gasteiger partial charge is 0.507 e. The topological polar surface area (TPSA) is 40.5 Å². The van der Waals surface area contributed by atoms with Gasteiger partial charge in [-0.05, 0) is 43.9 Å². The third-order valence-corrected chi connectivity index (χ3v) is 4.08. The Morgan fingerprint density at radius 1 is 1.44 bits per heavy atom. The van der Waals surface area contributed by atoms with Crippen molar-refractivity contribution in [2.75, 3.05) is 6.54 Å². The Balaban J connectivity index is 2.23. The SMILES string of the molecule is CC1CCN(C(=O)c2cc(Br)ccc2O)C(C)C1. The van der Waals surface area contributed by atoms with Gasteiger partial charge in [-0.15, -0.1) is 0 Å². The molecule has 4 heteroatoms. The summed E-state index contributed by atoms with van der Waals surface area (Å²) in [5.41, 5.74) is 0.380. The molecule has 2 rings (SSSR count). The van der Waals surface area contributed by atoms with E-state index in [2.05, 4.69) is 29.8 Å². The van der Waals surface area contributed by atoms with Crippen LogP contribution in [0.5, 0.6) is 5.75 Å². The van der Waals surface area contributed by atoms with Gasteiger partial charge in [-0.2, -0.15) is 0 Å². The van der Waals surface area contributed by atoms with Gasteiger partial charge in [0, 0.05) is 17.1 Å². The molecular formula is C14H18BrNO2. The molecule has 0 radical (unpaired) electrons. The second-order valence-electron chi connectivity index (χ2n) is 5.14. The van der Waals surface area contributed by atoms with E-state index in [4.69, 9.17) is 0 Å². The highest BCUT2D eigenvalue weighted by Gasteiger charge is 2.28. The van der Waals surface area contributed by atoms with Crippen LogP contribution in [0.1, 0.15) is 37.0 Å². The van der Waals surface area contributed by atoms with E-state index in [-0.39, 0.29) is 17.7 Å². The van der Waals surface area contributed by atoms with Gasteiger partial charge in [0.15, 0.2) is 0 Å². The van der Waals surface area contributed by atoms with E-state index in [1.54, 1.807) is 18.2 Å². The number of hydrogen-bond donors (Lipinski definition) is 1. The van der Waals surface area contributed by atoms with Crippen molar-refractivity contribution in [1.82, 2.24) is 4.90 Å². The molecule has 98 valence electrons. The van der Waals surface area contributed by atoms with Crippen molar-refractivity contribution in [3.63, 3.8) is 0 Å². The Morgan fingerprint density at radius 3 is 2.83 bits per heavy atom. The molecule has 1 saturated heterocycles. The molecule has 1 heterocycles. The third kappa shape index (κ3) is 2.69. The van der Waals surface area contributed by atoms with Gasteiger partial charge in [-0.3, -0.25) is 4.79 Å². The molecule has 2 unspecified atom stereocenters. The predicted octanol–water partition coefficient (Wildman–Crippen LogP) is 3.42. The zero-order valence-corrected chi connectivity index (χ0v) is 12.3. The van der Waals surface area contributed by atoms with Crippen molar-refractivity contribution >= 4 is 21.8 Å². The van der Waals surface area contributed by atoms with Crippen molar-refractivity contribution in [2.24, 2.45) is 5.92 Å². The molecule has 0 bridgehead atoms. The van der Waals surface area contributed by atoms with Gasteiger partial charge in [-0.25, -0.2) is 0 Å². The minimum absolute atomic E-state index is 0.0500. The zero-order valence-electron chi connectivity index (χ0n) is 10.7. The molecule has 1 aliphatic heterocycles. The molecule has 1 aromatic rings. The average Bonchev–Trinajstić information content (AvgIpc) is 2.31. The highest BCUT2D eigenvalue weighted by molar-refractivity contribution is 9.10. The first kappa shape index (κ1) is 13.4. The smallest absolute Gasteiger partial charge is 0.257 e. The van der Waals surface area contributed by atoms with Crippen LogP contribution in [-0.2, 0) is 0 Å². The number of nitrogens with zero attached hydrogens (tertiary/aromatic N) is 1. The predicted molar refractivity (Wildman–Crippen MR) is 74.7 cm³/mol. The first-order valence-electron chi connectivity index (χ1n) is 6.28. The fraction of sp³-hybridized carbons (Fsp3) is 0.500. The number of phenolic OH excluding ortho intramolecular Hbond substituents is 1. The lowest BCUT2D eigenvalue weighted by atomic mass is 9.93. The number of benzene rings is 1. The lowest BCUT2D eigenvalue weighted by Crippen LogP contribution is -2.44.